The van der Waals surface area contributed by atoms with Gasteiger partial charge in [0, 0.05) is 10.9 Å². The lowest BCUT2D eigenvalue weighted by Crippen LogP contribution is -2.30. The number of carboxylic acid groups (broad SMARTS) is 2. The van der Waals surface area contributed by atoms with E-state index < -0.39 is 36.0 Å². The second-order valence-corrected chi connectivity index (χ2v) is 4.35. The van der Waals surface area contributed by atoms with E-state index in [1.165, 1.54) is 18.2 Å². The lowest BCUT2D eigenvalue weighted by Gasteiger charge is -1.95. The maximum atomic E-state index is 13.1. The minimum absolute atomic E-state index is 0.0000926. The number of carbonyl (C=O) groups excluding carboxylic acids is 1. The van der Waals surface area contributed by atoms with E-state index in [9.17, 15) is 35.5 Å². The number of H-pyrrole nitrogens is 1. The van der Waals surface area contributed by atoms with Gasteiger partial charge >= 0.3 is 30.2 Å². The lowest BCUT2D eigenvalue weighted by atomic mass is 10.2. The molecule has 0 aliphatic heterocycles. The van der Waals surface area contributed by atoms with Gasteiger partial charge in [0.15, 0.2) is 0 Å². The van der Waals surface area contributed by atoms with Crippen molar-refractivity contribution in [2.24, 2.45) is 5.73 Å². The Bertz CT molecular complexity index is 803. The van der Waals surface area contributed by atoms with Crippen LogP contribution in [0, 0.1) is 5.82 Å². The van der Waals surface area contributed by atoms with Crippen molar-refractivity contribution in [3.05, 3.63) is 35.8 Å². The molecular weight excluding hydrogens is 397 g/mol. The van der Waals surface area contributed by atoms with Gasteiger partial charge in [-0.15, -0.1) is 0 Å². The fourth-order valence-corrected chi connectivity index (χ4v) is 1.23. The third-order valence-corrected chi connectivity index (χ3v) is 2.36. The molecule has 2 rings (SSSR count). The molecular formula is C13H9F7N2O5. The van der Waals surface area contributed by atoms with Gasteiger partial charge in [0.1, 0.15) is 11.5 Å². The molecule has 0 aliphatic carbocycles. The number of carboxylic acids is 2. The Morgan fingerprint density at radius 1 is 0.963 bits per heavy atom. The molecule has 2 aromatic rings. The van der Waals surface area contributed by atoms with Gasteiger partial charge in [-0.1, -0.05) is 6.07 Å². The zero-order valence-electron chi connectivity index (χ0n) is 12.7. The number of fused-ring (bicyclic) bond motifs is 1. The quantitative estimate of drug-likeness (QED) is 0.541. The van der Waals surface area contributed by atoms with Crippen molar-refractivity contribution >= 4 is 28.7 Å². The maximum Gasteiger partial charge on any atom is 0.490 e. The van der Waals surface area contributed by atoms with Gasteiger partial charge in [-0.3, -0.25) is 4.79 Å². The van der Waals surface area contributed by atoms with E-state index in [1.807, 2.05) is 0 Å². The number of nitrogens with two attached hydrogens (primary N) is 1. The zero-order valence-corrected chi connectivity index (χ0v) is 12.7. The van der Waals surface area contributed by atoms with Crippen LogP contribution in [0.4, 0.5) is 30.7 Å². The smallest absolute Gasteiger partial charge is 0.477 e. The van der Waals surface area contributed by atoms with Gasteiger partial charge in [-0.2, -0.15) is 26.3 Å². The number of hydrogen-bond donors (Lipinski definition) is 4. The average Bonchev–Trinajstić information content (AvgIpc) is 2.92. The molecule has 0 radical (unpaired) electrons. The Morgan fingerprint density at radius 2 is 1.41 bits per heavy atom. The van der Waals surface area contributed by atoms with E-state index in [-0.39, 0.29) is 5.69 Å². The summed E-state index contributed by atoms with van der Waals surface area (Å²) in [6.45, 7) is 0. The standard InChI is InChI=1S/C9H6FNO2.C2H2F3NO.C2HF3O2/c10-6-2-1-3-7-5(6)4-8(11-7)9(12)13;2*3-2(4,5)1(6)7/h1-4,11H,(H,12,13);(H2,6,7);(H,6,7). The number of aromatic carboxylic acids is 1. The summed E-state index contributed by atoms with van der Waals surface area (Å²) in [6, 6.07) is 5.74. The first-order valence-corrected chi connectivity index (χ1v) is 6.24. The number of primary amides is 1. The van der Waals surface area contributed by atoms with Gasteiger partial charge in [0.2, 0.25) is 0 Å². The number of aromatic amines is 1. The average molecular weight is 406 g/mol. The predicted molar refractivity (Wildman–Crippen MR) is 74.2 cm³/mol. The molecule has 7 nitrogen and oxygen atoms in total. The molecule has 1 aromatic carbocycles. The SMILES string of the molecule is NC(=O)C(F)(F)F.O=C(O)C(F)(F)F.O=C(O)c1cc2c(F)cccc2[nH]1. The molecule has 0 fully saturated rings. The summed E-state index contributed by atoms with van der Waals surface area (Å²) in [6.07, 6.45) is -9.94. The van der Waals surface area contributed by atoms with Gasteiger partial charge in [0.25, 0.3) is 0 Å². The van der Waals surface area contributed by atoms with Crippen molar-refractivity contribution in [3.8, 4) is 0 Å². The van der Waals surface area contributed by atoms with Gasteiger partial charge in [-0.05, 0) is 18.2 Å². The molecule has 1 heterocycles. The number of hydrogen-bond acceptors (Lipinski definition) is 3. The first kappa shape index (κ1) is 23.7. The van der Waals surface area contributed by atoms with Crippen LogP contribution in [0.1, 0.15) is 10.5 Å². The molecule has 0 saturated carbocycles. The summed E-state index contributed by atoms with van der Waals surface area (Å²) < 4.78 is 76.9. The van der Waals surface area contributed by atoms with Crippen LogP contribution in [0.2, 0.25) is 0 Å². The second kappa shape index (κ2) is 8.86. The predicted octanol–water partition coefficient (Wildman–Crippen LogP) is 2.67. The van der Waals surface area contributed by atoms with Crippen molar-refractivity contribution in [1.29, 1.82) is 0 Å². The number of carbonyl (C=O) groups is 3. The Balaban J connectivity index is 0.000000416. The molecule has 14 heteroatoms. The van der Waals surface area contributed by atoms with Crippen molar-refractivity contribution in [2.75, 3.05) is 0 Å². The number of aromatic nitrogens is 1. The molecule has 0 unspecified atom stereocenters. The summed E-state index contributed by atoms with van der Waals surface area (Å²) in [7, 11) is 0. The highest BCUT2D eigenvalue weighted by molar-refractivity contribution is 5.93. The summed E-state index contributed by atoms with van der Waals surface area (Å²) in [5.74, 6) is -6.52. The van der Waals surface area contributed by atoms with Gasteiger partial charge in [0.05, 0.1) is 0 Å². The lowest BCUT2D eigenvalue weighted by molar-refractivity contribution is -0.192. The number of alkyl halides is 6. The summed E-state index contributed by atoms with van der Waals surface area (Å²) in [5.41, 5.74) is 4.30. The molecule has 0 atom stereocenters. The Kier molecular flexibility index (Phi) is 7.77. The van der Waals surface area contributed by atoms with Crippen molar-refractivity contribution < 1.29 is 55.3 Å². The monoisotopic (exact) mass is 406 g/mol. The summed E-state index contributed by atoms with van der Waals surface area (Å²) in [5, 5.41) is 16.1. The summed E-state index contributed by atoms with van der Waals surface area (Å²) >= 11 is 0. The van der Waals surface area contributed by atoms with E-state index in [2.05, 4.69) is 10.7 Å². The van der Waals surface area contributed by atoms with Gasteiger partial charge in [-0.25, -0.2) is 14.0 Å². The molecule has 0 bridgehead atoms. The van der Waals surface area contributed by atoms with E-state index in [4.69, 9.17) is 19.8 Å². The normalized spacial score (nSPS) is 10.9. The number of nitrogens with one attached hydrogen (secondary N) is 1. The van der Waals surface area contributed by atoms with Crippen LogP contribution in [-0.4, -0.2) is 45.4 Å². The Morgan fingerprint density at radius 3 is 1.70 bits per heavy atom. The minimum atomic E-state index is -5.08. The highest BCUT2D eigenvalue weighted by Gasteiger charge is 2.38. The van der Waals surface area contributed by atoms with E-state index in [0.29, 0.717) is 10.9 Å². The largest absolute Gasteiger partial charge is 0.490 e. The number of benzene rings is 1. The molecule has 0 spiro atoms. The molecule has 0 saturated heterocycles. The van der Waals surface area contributed by atoms with Crippen molar-refractivity contribution in [2.45, 2.75) is 12.4 Å². The minimum Gasteiger partial charge on any atom is -0.477 e. The van der Waals surface area contributed by atoms with Crippen LogP contribution in [0.15, 0.2) is 24.3 Å². The number of aliphatic carboxylic acids is 1. The van der Waals surface area contributed by atoms with Crippen LogP contribution in [0.5, 0.6) is 0 Å². The maximum absolute atomic E-state index is 13.1. The molecule has 5 N–H and O–H groups in total. The van der Waals surface area contributed by atoms with Crippen LogP contribution in [-0.2, 0) is 9.59 Å². The topological polar surface area (TPSA) is 133 Å². The first-order chi connectivity index (χ1) is 12.1. The van der Waals surface area contributed by atoms with Gasteiger partial charge < -0.3 is 20.9 Å². The number of rotatable bonds is 1. The Hall–Kier alpha value is -3.32. The molecule has 27 heavy (non-hydrogen) atoms. The summed E-state index contributed by atoms with van der Waals surface area (Å²) in [4.78, 5) is 31.1. The highest BCUT2D eigenvalue weighted by atomic mass is 19.4. The number of halogens is 7. The third-order valence-electron chi connectivity index (χ3n) is 2.36. The zero-order chi connectivity index (χ0) is 21.6. The Labute approximate surface area is 144 Å². The van der Waals surface area contributed by atoms with Crippen LogP contribution < -0.4 is 5.73 Å². The third kappa shape index (κ3) is 8.06. The molecule has 1 amide bonds. The number of amides is 1. The van der Waals surface area contributed by atoms with E-state index >= 15 is 0 Å². The van der Waals surface area contributed by atoms with E-state index in [1.54, 1.807) is 6.07 Å². The molecule has 1 aromatic heterocycles. The first-order valence-electron chi connectivity index (χ1n) is 6.24. The van der Waals surface area contributed by atoms with Crippen molar-refractivity contribution in [1.82, 2.24) is 4.98 Å². The van der Waals surface area contributed by atoms with E-state index in [0.717, 1.165) is 0 Å². The van der Waals surface area contributed by atoms with Crippen molar-refractivity contribution in [3.63, 3.8) is 0 Å². The fraction of sp³-hybridized carbons (Fsp3) is 0.154. The van der Waals surface area contributed by atoms with Crippen LogP contribution >= 0.6 is 0 Å². The second-order valence-electron chi connectivity index (χ2n) is 4.35. The van der Waals surface area contributed by atoms with Crippen LogP contribution in [0.3, 0.4) is 0 Å². The fourth-order valence-electron chi connectivity index (χ4n) is 1.23. The molecule has 150 valence electrons. The molecule has 0 aliphatic rings. The van der Waals surface area contributed by atoms with Crippen LogP contribution in [0.25, 0.3) is 10.9 Å². The highest BCUT2D eigenvalue weighted by Crippen LogP contribution is 2.18.